The third kappa shape index (κ3) is 4.53. The summed E-state index contributed by atoms with van der Waals surface area (Å²) in [5.41, 5.74) is 0.662. The Morgan fingerprint density at radius 3 is 2.68 bits per heavy atom. The number of halogens is 1. The fraction of sp³-hybridized carbons (Fsp3) is 0.500. The molecule has 1 aliphatic rings. The minimum absolute atomic E-state index is 0.00452. The largest absolute Gasteiger partial charge is 0.480 e. The van der Waals surface area contributed by atoms with Gasteiger partial charge in [-0.25, -0.2) is 9.18 Å². The number of benzene rings is 1. The van der Waals surface area contributed by atoms with Gasteiger partial charge in [0.25, 0.3) is 0 Å². The highest BCUT2D eigenvalue weighted by Crippen LogP contribution is 2.20. The van der Waals surface area contributed by atoms with E-state index in [1.807, 2.05) is 6.92 Å². The number of carbonyl (C=O) groups is 2. The van der Waals surface area contributed by atoms with E-state index in [9.17, 15) is 19.1 Å². The number of carboxylic acid groups (broad SMARTS) is 1. The van der Waals surface area contributed by atoms with E-state index in [1.165, 1.54) is 24.3 Å². The molecular formula is C16H20FNO4. The van der Waals surface area contributed by atoms with Crippen LogP contribution in [0.2, 0.25) is 0 Å². The maximum atomic E-state index is 12.9. The van der Waals surface area contributed by atoms with Gasteiger partial charge in [0.05, 0.1) is 6.10 Å². The number of ether oxygens (including phenoxy) is 1. The number of rotatable bonds is 5. The van der Waals surface area contributed by atoms with Crippen molar-refractivity contribution in [2.75, 3.05) is 6.61 Å². The summed E-state index contributed by atoms with van der Waals surface area (Å²) in [6.45, 7) is 2.40. The van der Waals surface area contributed by atoms with Crippen LogP contribution in [-0.4, -0.2) is 35.7 Å². The van der Waals surface area contributed by atoms with Crippen LogP contribution >= 0.6 is 0 Å². The molecule has 1 aromatic carbocycles. The van der Waals surface area contributed by atoms with Crippen molar-refractivity contribution in [1.29, 1.82) is 0 Å². The fourth-order valence-corrected chi connectivity index (χ4v) is 2.58. The monoisotopic (exact) mass is 309 g/mol. The van der Waals surface area contributed by atoms with Gasteiger partial charge in [-0.15, -0.1) is 0 Å². The molecule has 3 unspecified atom stereocenters. The van der Waals surface area contributed by atoms with E-state index in [0.717, 1.165) is 0 Å². The molecule has 5 nitrogen and oxygen atoms in total. The molecule has 3 atom stereocenters. The molecule has 0 radical (unpaired) electrons. The molecule has 0 saturated carbocycles. The molecular weight excluding hydrogens is 289 g/mol. The number of amides is 1. The lowest BCUT2D eigenvalue weighted by Crippen LogP contribution is -2.46. The van der Waals surface area contributed by atoms with Crippen LogP contribution in [0.3, 0.4) is 0 Å². The van der Waals surface area contributed by atoms with E-state index >= 15 is 0 Å². The van der Waals surface area contributed by atoms with E-state index in [0.29, 0.717) is 25.0 Å². The predicted molar refractivity (Wildman–Crippen MR) is 77.8 cm³/mol. The maximum Gasteiger partial charge on any atom is 0.326 e. The first kappa shape index (κ1) is 16.4. The van der Waals surface area contributed by atoms with Gasteiger partial charge in [-0.2, -0.15) is 0 Å². The number of carbonyl (C=O) groups excluding carboxylic acids is 1. The summed E-state index contributed by atoms with van der Waals surface area (Å²) in [5.74, 6) is -1.96. The summed E-state index contributed by atoms with van der Waals surface area (Å²) in [7, 11) is 0. The van der Waals surface area contributed by atoms with Crippen LogP contribution in [0.4, 0.5) is 4.39 Å². The number of hydrogen-bond donors (Lipinski definition) is 2. The first-order valence-electron chi connectivity index (χ1n) is 7.35. The average Bonchev–Trinajstić information content (AvgIpc) is 2.48. The third-order valence-electron chi connectivity index (χ3n) is 3.82. The van der Waals surface area contributed by atoms with Crippen LogP contribution in [0, 0.1) is 11.7 Å². The van der Waals surface area contributed by atoms with Crippen molar-refractivity contribution in [1.82, 2.24) is 5.32 Å². The van der Waals surface area contributed by atoms with Gasteiger partial charge >= 0.3 is 5.97 Å². The van der Waals surface area contributed by atoms with Crippen LogP contribution in [0.15, 0.2) is 24.3 Å². The molecule has 0 spiro atoms. The number of hydrogen-bond acceptors (Lipinski definition) is 3. The Labute approximate surface area is 128 Å². The molecule has 0 bridgehead atoms. The SMILES string of the molecule is CC1CC(C(=O)NC(Cc2ccc(F)cc2)C(=O)O)CCO1. The van der Waals surface area contributed by atoms with Crippen molar-refractivity contribution in [2.45, 2.75) is 38.3 Å². The Morgan fingerprint density at radius 2 is 2.09 bits per heavy atom. The van der Waals surface area contributed by atoms with Gasteiger partial charge in [0.15, 0.2) is 0 Å². The molecule has 1 aromatic rings. The van der Waals surface area contributed by atoms with Gasteiger partial charge in [0.2, 0.25) is 5.91 Å². The molecule has 22 heavy (non-hydrogen) atoms. The molecule has 1 heterocycles. The standard InChI is InChI=1S/C16H20FNO4/c1-10-8-12(6-7-22-10)15(19)18-14(16(20)21)9-11-2-4-13(17)5-3-11/h2-5,10,12,14H,6-9H2,1H3,(H,18,19)(H,20,21). The first-order valence-corrected chi connectivity index (χ1v) is 7.35. The lowest BCUT2D eigenvalue weighted by atomic mass is 9.94. The Kier molecular flexibility index (Phi) is 5.49. The van der Waals surface area contributed by atoms with Crippen molar-refractivity contribution < 1.29 is 23.8 Å². The second kappa shape index (κ2) is 7.35. The second-order valence-corrected chi connectivity index (χ2v) is 5.63. The van der Waals surface area contributed by atoms with Gasteiger partial charge in [-0.1, -0.05) is 12.1 Å². The predicted octanol–water partition coefficient (Wildman–Crippen LogP) is 1.75. The smallest absolute Gasteiger partial charge is 0.326 e. The van der Waals surface area contributed by atoms with E-state index in [2.05, 4.69) is 5.32 Å². The highest BCUT2D eigenvalue weighted by Gasteiger charge is 2.29. The molecule has 1 saturated heterocycles. The molecule has 1 amide bonds. The van der Waals surface area contributed by atoms with Crippen LogP contribution in [0.25, 0.3) is 0 Å². The van der Waals surface area contributed by atoms with Crippen LogP contribution in [0.1, 0.15) is 25.3 Å². The molecule has 1 fully saturated rings. The van der Waals surface area contributed by atoms with Crippen molar-refractivity contribution in [2.24, 2.45) is 5.92 Å². The van der Waals surface area contributed by atoms with Gasteiger partial charge in [0.1, 0.15) is 11.9 Å². The van der Waals surface area contributed by atoms with Crippen LogP contribution in [-0.2, 0) is 20.7 Å². The highest BCUT2D eigenvalue weighted by molar-refractivity contribution is 5.85. The average molecular weight is 309 g/mol. The number of carboxylic acids is 1. The third-order valence-corrected chi connectivity index (χ3v) is 3.82. The lowest BCUT2D eigenvalue weighted by Gasteiger charge is -2.27. The van der Waals surface area contributed by atoms with Gasteiger partial charge < -0.3 is 15.2 Å². The Bertz CT molecular complexity index is 531. The molecule has 1 aliphatic heterocycles. The summed E-state index contributed by atoms with van der Waals surface area (Å²) in [4.78, 5) is 23.6. The molecule has 2 N–H and O–H groups in total. The zero-order chi connectivity index (χ0) is 16.1. The second-order valence-electron chi connectivity index (χ2n) is 5.63. The Hall–Kier alpha value is -1.95. The molecule has 6 heteroatoms. The normalized spacial score (nSPS) is 22.8. The van der Waals surface area contributed by atoms with E-state index in [-0.39, 0.29) is 30.2 Å². The Morgan fingerprint density at radius 1 is 1.41 bits per heavy atom. The zero-order valence-corrected chi connectivity index (χ0v) is 12.4. The minimum atomic E-state index is -1.10. The molecule has 120 valence electrons. The Balaban J connectivity index is 1.97. The number of aliphatic carboxylic acids is 1. The summed E-state index contributed by atoms with van der Waals surface area (Å²) < 4.78 is 18.3. The van der Waals surface area contributed by atoms with E-state index in [4.69, 9.17) is 4.74 Å². The molecule has 0 aliphatic carbocycles. The van der Waals surface area contributed by atoms with Crippen molar-refractivity contribution in [3.05, 3.63) is 35.6 Å². The van der Waals surface area contributed by atoms with Crippen LogP contribution in [0.5, 0.6) is 0 Å². The quantitative estimate of drug-likeness (QED) is 0.869. The van der Waals surface area contributed by atoms with Gasteiger partial charge in [-0.05, 0) is 37.5 Å². The lowest BCUT2D eigenvalue weighted by molar-refractivity contribution is -0.143. The molecule has 0 aromatic heterocycles. The zero-order valence-electron chi connectivity index (χ0n) is 12.4. The molecule has 2 rings (SSSR count). The summed E-state index contributed by atoms with van der Waals surface area (Å²) in [6, 6.07) is 4.57. The van der Waals surface area contributed by atoms with Crippen molar-refractivity contribution >= 4 is 11.9 Å². The van der Waals surface area contributed by atoms with Crippen molar-refractivity contribution in [3.63, 3.8) is 0 Å². The fourth-order valence-electron chi connectivity index (χ4n) is 2.58. The summed E-state index contributed by atoms with van der Waals surface area (Å²) in [5, 5.41) is 11.9. The minimum Gasteiger partial charge on any atom is -0.480 e. The summed E-state index contributed by atoms with van der Waals surface area (Å²) >= 11 is 0. The maximum absolute atomic E-state index is 12.9. The highest BCUT2D eigenvalue weighted by atomic mass is 19.1. The van der Waals surface area contributed by atoms with Crippen LogP contribution < -0.4 is 5.32 Å². The van der Waals surface area contributed by atoms with E-state index in [1.54, 1.807) is 0 Å². The topological polar surface area (TPSA) is 75.6 Å². The first-order chi connectivity index (χ1) is 10.5. The number of nitrogens with one attached hydrogen (secondary N) is 1. The van der Waals surface area contributed by atoms with Gasteiger partial charge in [-0.3, -0.25) is 4.79 Å². The van der Waals surface area contributed by atoms with Crippen molar-refractivity contribution in [3.8, 4) is 0 Å². The summed E-state index contributed by atoms with van der Waals surface area (Å²) in [6.07, 6.45) is 1.32. The van der Waals surface area contributed by atoms with Gasteiger partial charge in [0, 0.05) is 18.9 Å². The van der Waals surface area contributed by atoms with E-state index < -0.39 is 12.0 Å².